The van der Waals surface area contributed by atoms with Gasteiger partial charge in [0.15, 0.2) is 17.9 Å². The van der Waals surface area contributed by atoms with Gasteiger partial charge in [-0.2, -0.15) is 0 Å². The van der Waals surface area contributed by atoms with Gasteiger partial charge in [0.2, 0.25) is 0 Å². The van der Waals surface area contributed by atoms with E-state index in [1.54, 1.807) is 32.7 Å². The minimum Gasteiger partial charge on any atom is -0.442 e. The summed E-state index contributed by atoms with van der Waals surface area (Å²) in [5.41, 5.74) is 0. The van der Waals surface area contributed by atoms with Crippen LogP contribution in [0.3, 0.4) is 0 Å². The molecule has 0 aliphatic carbocycles. The monoisotopic (exact) mass is 271 g/mol. The van der Waals surface area contributed by atoms with Gasteiger partial charge in [0, 0.05) is 2.47 Å². The van der Waals surface area contributed by atoms with Crippen LogP contribution in [0.1, 0.15) is 0 Å². The van der Waals surface area contributed by atoms with Gasteiger partial charge in [0.05, 0.1) is 1.23 Å². The zero-order valence-electron chi connectivity index (χ0n) is 13.2. The summed E-state index contributed by atoms with van der Waals surface area (Å²) in [4.78, 5) is 0. The molecule has 1 atom stereocenters. The minimum atomic E-state index is -3.07. The number of rotatable bonds is 6. The lowest BCUT2D eigenvalue weighted by molar-refractivity contribution is 0.362. The van der Waals surface area contributed by atoms with Crippen molar-refractivity contribution in [1.29, 1.82) is 3.70 Å². The van der Waals surface area contributed by atoms with Crippen LogP contribution in [0.15, 0.2) is 0 Å². The fourth-order valence-electron chi connectivity index (χ4n) is 1.17. The zero-order valence-corrected chi connectivity index (χ0v) is 14.2. The molecule has 0 aliphatic rings. The molecule has 0 radical (unpaired) electrons. The lowest BCUT2D eigenvalue weighted by Gasteiger charge is -2.29. The topological polar surface area (TPSA) is 27.7 Å². The van der Waals surface area contributed by atoms with E-state index < -0.39 is 35.7 Å². The van der Waals surface area contributed by atoms with Crippen LogP contribution in [0.2, 0.25) is 45.8 Å². The van der Waals surface area contributed by atoms with Crippen LogP contribution in [-0.2, 0) is 12.3 Å². The molecule has 0 amide bonds. The molecule has 0 aromatic rings. The SMILES string of the molecule is [2H][Si](C)(C)O[Si]([2H])(C)O[Si](C)(C)O[Si]([2H])(C)C. The molecular weight excluding hydrogens is 244 g/mol. The molecule has 0 aromatic heterocycles. The first-order valence-corrected chi connectivity index (χ1v) is 14.2. The molecule has 0 saturated carbocycles. The molecular formula is C7H24O3Si4. The molecule has 0 rings (SSSR count). The highest BCUT2D eigenvalue weighted by Crippen LogP contribution is 2.10. The van der Waals surface area contributed by atoms with E-state index in [2.05, 4.69) is 0 Å². The fourth-order valence-corrected chi connectivity index (χ4v) is 11.3. The molecule has 0 N–H and O–H groups in total. The highest BCUT2D eigenvalue weighted by Gasteiger charge is 2.29. The van der Waals surface area contributed by atoms with Gasteiger partial charge in [-0.3, -0.25) is 0 Å². The summed E-state index contributed by atoms with van der Waals surface area (Å²) < 4.78 is 40.5. The number of hydrogen-bond acceptors (Lipinski definition) is 3. The van der Waals surface area contributed by atoms with Crippen molar-refractivity contribution in [3.8, 4) is 0 Å². The van der Waals surface area contributed by atoms with E-state index in [4.69, 9.17) is 16.0 Å². The van der Waals surface area contributed by atoms with Crippen molar-refractivity contribution in [3.63, 3.8) is 0 Å². The third kappa shape index (κ3) is 8.09. The summed E-state index contributed by atoms with van der Waals surface area (Å²) >= 11 is 0. The van der Waals surface area contributed by atoms with Crippen molar-refractivity contribution in [2.75, 3.05) is 0 Å². The standard InChI is InChI=1S/C7H24O3Si4/c1-11(2)8-13(5)10-14(6,7)9-12(3)4/h11-13H,1-7H3/i11D,12D,13D. The quantitative estimate of drug-likeness (QED) is 0.686. The van der Waals surface area contributed by atoms with Gasteiger partial charge in [0.25, 0.3) is 9.22 Å². The largest absolute Gasteiger partial charge is 0.442 e. The summed E-state index contributed by atoms with van der Waals surface area (Å²) in [7, 11) is -10.5. The summed E-state index contributed by atoms with van der Waals surface area (Å²) in [5.74, 6) is 0. The lowest BCUT2D eigenvalue weighted by atomic mass is 11.9. The number of hydrogen-bond donors (Lipinski definition) is 0. The zero-order chi connectivity index (χ0) is 14.1. The lowest BCUT2D eigenvalue weighted by Crippen LogP contribution is -2.44. The second kappa shape index (κ2) is 6.36. The second-order valence-electron chi connectivity index (χ2n) is 4.01. The van der Waals surface area contributed by atoms with Gasteiger partial charge in [-0.1, -0.05) is 0 Å². The Hall–Kier alpha value is 0.748. The second-order valence-corrected chi connectivity index (χ2v) is 13.9. The summed E-state index contributed by atoms with van der Waals surface area (Å²) in [6.45, 7) is 12.3. The maximum absolute atomic E-state index is 8.06. The van der Waals surface area contributed by atoms with Gasteiger partial charge < -0.3 is 12.3 Å². The van der Waals surface area contributed by atoms with Crippen LogP contribution in [0.25, 0.3) is 0 Å². The van der Waals surface area contributed by atoms with Crippen LogP contribution in [-0.4, -0.2) is 39.4 Å². The molecule has 7 heteroatoms. The third-order valence-corrected chi connectivity index (χ3v) is 10.7. The van der Waals surface area contributed by atoms with Gasteiger partial charge in [0.1, 0.15) is 0 Å². The van der Waals surface area contributed by atoms with Crippen molar-refractivity contribution < 1.29 is 12.3 Å². The van der Waals surface area contributed by atoms with Crippen molar-refractivity contribution in [1.82, 2.24) is 0 Å². The van der Waals surface area contributed by atoms with E-state index >= 15 is 0 Å². The van der Waals surface area contributed by atoms with E-state index in [1.807, 2.05) is 13.1 Å². The van der Waals surface area contributed by atoms with Gasteiger partial charge in [-0.05, 0) is 45.8 Å². The summed E-state index contributed by atoms with van der Waals surface area (Å²) in [6, 6.07) is 0. The molecule has 3 nitrogen and oxygen atoms in total. The van der Waals surface area contributed by atoms with Crippen LogP contribution in [0.5, 0.6) is 0 Å². The maximum Gasteiger partial charge on any atom is 0.312 e. The van der Waals surface area contributed by atoms with Crippen LogP contribution >= 0.6 is 0 Å². The Bertz CT molecular complexity index is 236. The van der Waals surface area contributed by atoms with Gasteiger partial charge in [-0.25, -0.2) is 0 Å². The molecule has 0 aliphatic heterocycles. The van der Waals surface area contributed by atoms with Crippen LogP contribution in [0.4, 0.5) is 0 Å². The summed E-state index contributed by atoms with van der Waals surface area (Å²) in [6.07, 6.45) is 0. The molecule has 0 fully saturated rings. The fraction of sp³-hybridized carbons (Fsp3) is 1.00. The van der Waals surface area contributed by atoms with Crippen LogP contribution in [0, 0.1) is 0 Å². The molecule has 1 unspecified atom stereocenters. The molecule has 86 valence electrons. The predicted octanol–water partition coefficient (Wildman–Crippen LogP) is 1.56. The van der Waals surface area contributed by atoms with E-state index in [9.17, 15) is 0 Å². The Morgan fingerprint density at radius 1 is 0.929 bits per heavy atom. The van der Waals surface area contributed by atoms with Crippen molar-refractivity contribution >= 4 is 35.7 Å². The molecule has 0 bridgehead atoms. The molecule has 0 aromatic carbocycles. The Kier molecular flexibility index (Phi) is 4.51. The van der Waals surface area contributed by atoms with E-state index in [0.29, 0.717) is 0 Å². The normalized spacial score (nSPS) is 22.1. The molecule has 14 heavy (non-hydrogen) atoms. The average Bonchev–Trinajstić information content (AvgIpc) is 1.65. The predicted molar refractivity (Wildman–Crippen MR) is 71.5 cm³/mol. The Morgan fingerprint density at radius 2 is 1.43 bits per heavy atom. The van der Waals surface area contributed by atoms with Gasteiger partial charge >= 0.3 is 8.56 Å². The average molecular weight is 272 g/mol. The van der Waals surface area contributed by atoms with Crippen molar-refractivity contribution in [2.45, 2.75) is 45.8 Å². The summed E-state index contributed by atoms with van der Waals surface area (Å²) in [5, 5.41) is 0. The Balaban J connectivity index is 4.59. The van der Waals surface area contributed by atoms with Crippen LogP contribution < -0.4 is 0 Å². The highest BCUT2D eigenvalue weighted by atomic mass is 28.5. The minimum absolute atomic E-state index is 1.62. The first-order valence-electron chi connectivity index (χ1n) is 6.22. The molecule has 0 spiro atoms. The molecule has 0 heterocycles. The first-order chi connectivity index (χ1) is 7.12. The smallest absolute Gasteiger partial charge is 0.312 e. The van der Waals surface area contributed by atoms with E-state index in [-0.39, 0.29) is 0 Å². The maximum atomic E-state index is 8.06. The van der Waals surface area contributed by atoms with Crippen molar-refractivity contribution in [2.24, 2.45) is 0 Å². The van der Waals surface area contributed by atoms with Crippen molar-refractivity contribution in [3.05, 3.63) is 0 Å². The van der Waals surface area contributed by atoms with Gasteiger partial charge in [-0.15, -0.1) is 0 Å². The highest BCUT2D eigenvalue weighted by molar-refractivity contribution is 6.78. The van der Waals surface area contributed by atoms with E-state index in [1.165, 1.54) is 0 Å². The molecule has 0 saturated heterocycles. The Morgan fingerprint density at radius 3 is 1.79 bits per heavy atom. The first kappa shape index (κ1) is 9.94. The Labute approximate surface area is 98.0 Å². The van der Waals surface area contributed by atoms with E-state index in [0.717, 1.165) is 0 Å². The third-order valence-electron chi connectivity index (χ3n) is 1.19.